The summed E-state index contributed by atoms with van der Waals surface area (Å²) < 4.78 is 37.6. The molecule has 0 spiro atoms. The molecular weight excluding hydrogens is 428 g/mol. The van der Waals surface area contributed by atoms with Crippen LogP contribution in [0.2, 0.25) is 0 Å². The van der Waals surface area contributed by atoms with Crippen molar-refractivity contribution in [3.63, 3.8) is 0 Å². The minimum absolute atomic E-state index is 0.0183. The summed E-state index contributed by atoms with van der Waals surface area (Å²) in [5.41, 5.74) is 0.410. The SMILES string of the molecule is COC(=O)c1ccsc1NC(=O)c1ccccc1NS(=O)(=O)c1ccc(OC)cc1. The van der Waals surface area contributed by atoms with Crippen LogP contribution < -0.4 is 14.8 Å². The van der Waals surface area contributed by atoms with Crippen LogP contribution >= 0.6 is 11.3 Å². The highest BCUT2D eigenvalue weighted by atomic mass is 32.2. The number of hydrogen-bond donors (Lipinski definition) is 2. The highest BCUT2D eigenvalue weighted by Crippen LogP contribution is 2.27. The first-order chi connectivity index (χ1) is 14.4. The molecular formula is C20H18N2O6S2. The summed E-state index contributed by atoms with van der Waals surface area (Å²) in [5, 5.41) is 4.57. The number of anilines is 2. The van der Waals surface area contributed by atoms with Crippen LogP contribution in [0.25, 0.3) is 0 Å². The molecule has 1 amide bonds. The zero-order valence-electron chi connectivity index (χ0n) is 16.0. The third kappa shape index (κ3) is 4.61. The van der Waals surface area contributed by atoms with Gasteiger partial charge < -0.3 is 14.8 Å². The predicted molar refractivity (Wildman–Crippen MR) is 114 cm³/mol. The number of carbonyl (C=O) groups excluding carboxylic acids is 2. The molecule has 30 heavy (non-hydrogen) atoms. The minimum Gasteiger partial charge on any atom is -0.497 e. The molecule has 0 radical (unpaired) electrons. The molecule has 0 atom stereocenters. The predicted octanol–water partition coefficient (Wildman–Crippen LogP) is 3.60. The van der Waals surface area contributed by atoms with E-state index in [9.17, 15) is 18.0 Å². The van der Waals surface area contributed by atoms with Crippen LogP contribution in [-0.2, 0) is 14.8 Å². The van der Waals surface area contributed by atoms with E-state index in [0.717, 1.165) is 11.3 Å². The molecule has 0 saturated carbocycles. The Labute approximate surface area is 177 Å². The van der Waals surface area contributed by atoms with Gasteiger partial charge in [0.05, 0.1) is 35.9 Å². The molecule has 0 aliphatic carbocycles. The van der Waals surface area contributed by atoms with Crippen molar-refractivity contribution < 1.29 is 27.5 Å². The topological polar surface area (TPSA) is 111 Å². The lowest BCUT2D eigenvalue weighted by molar-refractivity contribution is 0.0602. The summed E-state index contributed by atoms with van der Waals surface area (Å²) in [6.45, 7) is 0. The Morgan fingerprint density at radius 1 is 0.933 bits per heavy atom. The summed E-state index contributed by atoms with van der Waals surface area (Å²) >= 11 is 1.15. The summed E-state index contributed by atoms with van der Waals surface area (Å²) in [5.74, 6) is -0.637. The fourth-order valence-corrected chi connectivity index (χ4v) is 4.43. The van der Waals surface area contributed by atoms with Gasteiger partial charge in [0.25, 0.3) is 15.9 Å². The minimum atomic E-state index is -3.94. The average molecular weight is 447 g/mol. The molecule has 3 aromatic rings. The van der Waals surface area contributed by atoms with Crippen LogP contribution in [0.1, 0.15) is 20.7 Å². The Hall–Kier alpha value is -3.37. The van der Waals surface area contributed by atoms with Gasteiger partial charge in [0.15, 0.2) is 0 Å². The molecule has 2 N–H and O–H groups in total. The summed E-state index contributed by atoms with van der Waals surface area (Å²) in [6.07, 6.45) is 0. The van der Waals surface area contributed by atoms with E-state index < -0.39 is 21.9 Å². The van der Waals surface area contributed by atoms with Gasteiger partial charge in [0, 0.05) is 0 Å². The first-order valence-corrected chi connectivity index (χ1v) is 10.9. The molecule has 8 nitrogen and oxygen atoms in total. The van der Waals surface area contributed by atoms with Crippen LogP contribution in [0.3, 0.4) is 0 Å². The lowest BCUT2D eigenvalue weighted by Crippen LogP contribution is -2.19. The third-order valence-electron chi connectivity index (χ3n) is 4.08. The molecule has 3 rings (SSSR count). The van der Waals surface area contributed by atoms with Gasteiger partial charge in [0.1, 0.15) is 10.8 Å². The van der Waals surface area contributed by atoms with Crippen molar-refractivity contribution in [3.05, 3.63) is 71.1 Å². The first-order valence-electron chi connectivity index (χ1n) is 8.59. The number of para-hydroxylation sites is 1. The maximum atomic E-state index is 12.8. The van der Waals surface area contributed by atoms with Gasteiger partial charge in [-0.2, -0.15) is 0 Å². The molecule has 0 unspecified atom stereocenters. The normalized spacial score (nSPS) is 10.9. The number of methoxy groups -OCH3 is 2. The molecule has 0 saturated heterocycles. The second kappa shape index (κ2) is 8.97. The van der Waals surface area contributed by atoms with Gasteiger partial charge in [-0.15, -0.1) is 11.3 Å². The number of esters is 1. The summed E-state index contributed by atoms with van der Waals surface area (Å²) in [4.78, 5) is 24.6. The van der Waals surface area contributed by atoms with Gasteiger partial charge in [-0.05, 0) is 47.8 Å². The van der Waals surface area contributed by atoms with E-state index in [-0.39, 0.29) is 21.7 Å². The summed E-state index contributed by atoms with van der Waals surface area (Å²) in [7, 11) is -1.21. The van der Waals surface area contributed by atoms with E-state index in [1.165, 1.54) is 56.7 Å². The van der Waals surface area contributed by atoms with Crippen LogP contribution in [-0.4, -0.2) is 34.5 Å². The van der Waals surface area contributed by atoms with Crippen LogP contribution in [0.5, 0.6) is 5.75 Å². The second-order valence-electron chi connectivity index (χ2n) is 5.94. The van der Waals surface area contributed by atoms with Crippen LogP contribution in [0, 0.1) is 0 Å². The highest BCUT2D eigenvalue weighted by molar-refractivity contribution is 7.92. The van der Waals surface area contributed by atoms with Crippen molar-refractivity contribution in [1.29, 1.82) is 0 Å². The van der Waals surface area contributed by atoms with Gasteiger partial charge in [-0.1, -0.05) is 12.1 Å². The van der Waals surface area contributed by atoms with E-state index in [0.29, 0.717) is 10.8 Å². The van der Waals surface area contributed by atoms with E-state index >= 15 is 0 Å². The molecule has 0 aliphatic heterocycles. The Balaban J connectivity index is 1.86. The van der Waals surface area contributed by atoms with Crippen LogP contribution in [0.4, 0.5) is 10.7 Å². The van der Waals surface area contributed by atoms with Gasteiger partial charge in [-0.3, -0.25) is 9.52 Å². The number of ether oxygens (including phenoxy) is 2. The quantitative estimate of drug-likeness (QED) is 0.537. The fourth-order valence-electron chi connectivity index (χ4n) is 2.58. The van der Waals surface area contributed by atoms with Gasteiger partial charge in [-0.25, -0.2) is 13.2 Å². The molecule has 0 aliphatic rings. The van der Waals surface area contributed by atoms with Crippen molar-refractivity contribution in [1.82, 2.24) is 0 Å². The maximum Gasteiger partial charge on any atom is 0.340 e. The second-order valence-corrected chi connectivity index (χ2v) is 8.53. The highest BCUT2D eigenvalue weighted by Gasteiger charge is 2.21. The van der Waals surface area contributed by atoms with Crippen molar-refractivity contribution >= 4 is 43.9 Å². The number of benzene rings is 2. The van der Waals surface area contributed by atoms with Crippen molar-refractivity contribution in [2.24, 2.45) is 0 Å². The smallest absolute Gasteiger partial charge is 0.340 e. The fraction of sp³-hybridized carbons (Fsp3) is 0.100. The van der Waals surface area contributed by atoms with E-state index in [4.69, 9.17) is 9.47 Å². The number of rotatable bonds is 7. The Bertz CT molecular complexity index is 1170. The number of sulfonamides is 1. The monoisotopic (exact) mass is 446 g/mol. The Morgan fingerprint density at radius 3 is 2.30 bits per heavy atom. The number of thiophene rings is 1. The van der Waals surface area contributed by atoms with Crippen molar-refractivity contribution in [2.45, 2.75) is 4.90 Å². The molecule has 10 heteroatoms. The van der Waals surface area contributed by atoms with Crippen molar-refractivity contribution in [3.8, 4) is 5.75 Å². The molecule has 1 heterocycles. The number of nitrogens with one attached hydrogen (secondary N) is 2. The zero-order valence-corrected chi connectivity index (χ0v) is 17.7. The van der Waals surface area contributed by atoms with Crippen LogP contribution in [0.15, 0.2) is 64.9 Å². The Kier molecular flexibility index (Phi) is 6.38. The standard InChI is InChI=1S/C20H18N2O6S2/c1-27-13-7-9-14(10-8-13)30(25,26)22-17-6-4-3-5-15(17)18(23)21-19-16(11-12-29-19)20(24)28-2/h3-12,22H,1-2H3,(H,21,23). The molecule has 1 aromatic heterocycles. The number of carbonyl (C=O) groups is 2. The first kappa shape index (κ1) is 21.3. The van der Waals surface area contributed by atoms with Crippen molar-refractivity contribution in [2.75, 3.05) is 24.3 Å². The number of hydrogen-bond acceptors (Lipinski definition) is 7. The molecule has 156 valence electrons. The van der Waals surface area contributed by atoms with E-state index in [1.807, 2.05) is 0 Å². The number of amides is 1. The van der Waals surface area contributed by atoms with Gasteiger partial charge in [0.2, 0.25) is 0 Å². The molecule has 0 bridgehead atoms. The lowest BCUT2D eigenvalue weighted by atomic mass is 10.1. The largest absolute Gasteiger partial charge is 0.497 e. The Morgan fingerprint density at radius 2 is 1.63 bits per heavy atom. The van der Waals surface area contributed by atoms with E-state index in [1.54, 1.807) is 17.5 Å². The zero-order chi connectivity index (χ0) is 21.7. The van der Waals surface area contributed by atoms with E-state index in [2.05, 4.69) is 10.0 Å². The summed E-state index contributed by atoms with van der Waals surface area (Å²) in [6, 6.07) is 13.6. The lowest BCUT2D eigenvalue weighted by Gasteiger charge is -2.13. The molecule has 2 aromatic carbocycles. The van der Waals surface area contributed by atoms with Gasteiger partial charge >= 0.3 is 5.97 Å². The maximum absolute atomic E-state index is 12.8. The average Bonchev–Trinajstić information content (AvgIpc) is 3.21. The molecule has 0 fully saturated rings. The third-order valence-corrected chi connectivity index (χ3v) is 6.29.